The van der Waals surface area contributed by atoms with Crippen molar-refractivity contribution in [3.63, 3.8) is 0 Å². The molecule has 2 bridgehead atoms. The summed E-state index contributed by atoms with van der Waals surface area (Å²) in [5, 5.41) is 2.75. The monoisotopic (exact) mass is 408 g/mol. The molecule has 4 aliphatic carbocycles. The zero-order valence-corrected chi connectivity index (χ0v) is 16.7. The minimum Gasteiger partial charge on any atom is -0.462 e. The first-order valence-electron chi connectivity index (χ1n) is 10.6. The van der Waals surface area contributed by atoms with Crippen molar-refractivity contribution >= 4 is 29.4 Å². The topological polar surface area (TPSA) is 92.8 Å². The van der Waals surface area contributed by atoms with Crippen LogP contribution >= 0.6 is 0 Å². The Balaban J connectivity index is 1.18. The maximum absolute atomic E-state index is 12.9. The van der Waals surface area contributed by atoms with Crippen LogP contribution in [0, 0.1) is 35.5 Å². The van der Waals surface area contributed by atoms with E-state index in [-0.39, 0.29) is 54.4 Å². The van der Waals surface area contributed by atoms with E-state index in [4.69, 9.17) is 4.74 Å². The van der Waals surface area contributed by atoms with Crippen molar-refractivity contribution in [2.45, 2.75) is 19.8 Å². The molecule has 1 aromatic carbocycles. The van der Waals surface area contributed by atoms with Crippen LogP contribution in [-0.2, 0) is 19.1 Å². The van der Waals surface area contributed by atoms with Gasteiger partial charge in [-0.25, -0.2) is 4.79 Å². The quantitative estimate of drug-likeness (QED) is 0.443. The second-order valence-corrected chi connectivity index (χ2v) is 8.58. The molecule has 1 aromatic rings. The van der Waals surface area contributed by atoms with Gasteiger partial charge in [-0.05, 0) is 61.3 Å². The maximum atomic E-state index is 12.9. The summed E-state index contributed by atoms with van der Waals surface area (Å²) in [6.45, 7) is 2.14. The third kappa shape index (κ3) is 2.95. The summed E-state index contributed by atoms with van der Waals surface area (Å²) in [5.41, 5.74) is 0.954. The fourth-order valence-electron chi connectivity index (χ4n) is 5.58. The Bertz CT molecular complexity index is 917. The Morgan fingerprint density at radius 3 is 2.20 bits per heavy atom. The minimum absolute atomic E-state index is 0.0478. The van der Waals surface area contributed by atoms with E-state index in [1.807, 2.05) is 0 Å². The predicted molar refractivity (Wildman–Crippen MR) is 107 cm³/mol. The van der Waals surface area contributed by atoms with Gasteiger partial charge in [0, 0.05) is 18.7 Å². The van der Waals surface area contributed by atoms with E-state index < -0.39 is 5.97 Å². The molecule has 1 saturated heterocycles. The largest absolute Gasteiger partial charge is 0.462 e. The van der Waals surface area contributed by atoms with Crippen LogP contribution in [0.4, 0.5) is 5.69 Å². The minimum atomic E-state index is -0.413. The number of esters is 1. The number of benzene rings is 1. The number of imide groups is 1. The predicted octanol–water partition coefficient (Wildman–Crippen LogP) is 2.25. The number of carbonyl (C=O) groups is 4. The molecule has 1 N–H and O–H groups in total. The molecule has 3 fully saturated rings. The van der Waals surface area contributed by atoms with E-state index in [9.17, 15) is 19.2 Å². The van der Waals surface area contributed by atoms with Crippen molar-refractivity contribution in [1.82, 2.24) is 4.90 Å². The molecule has 6 atom stereocenters. The lowest BCUT2D eigenvalue weighted by atomic mass is 9.63. The lowest BCUT2D eigenvalue weighted by molar-refractivity contribution is -0.140. The first kappa shape index (κ1) is 19.0. The van der Waals surface area contributed by atoms with Gasteiger partial charge < -0.3 is 10.1 Å². The van der Waals surface area contributed by atoms with Crippen LogP contribution in [0.15, 0.2) is 36.4 Å². The van der Waals surface area contributed by atoms with Gasteiger partial charge >= 0.3 is 5.97 Å². The highest BCUT2D eigenvalue weighted by atomic mass is 16.5. The number of amides is 3. The molecule has 2 saturated carbocycles. The zero-order chi connectivity index (χ0) is 21.0. The number of allylic oxidation sites excluding steroid dienone is 2. The summed E-state index contributed by atoms with van der Waals surface area (Å²) in [4.78, 5) is 51.2. The van der Waals surface area contributed by atoms with Gasteiger partial charge in [0.15, 0.2) is 0 Å². The van der Waals surface area contributed by atoms with E-state index >= 15 is 0 Å². The number of hydrogen-bond donors (Lipinski definition) is 1. The van der Waals surface area contributed by atoms with Crippen molar-refractivity contribution in [1.29, 1.82) is 0 Å². The summed E-state index contributed by atoms with van der Waals surface area (Å²) >= 11 is 0. The molecular formula is C23H24N2O5. The second-order valence-electron chi connectivity index (χ2n) is 8.58. The fraction of sp³-hybridized carbons (Fsp3) is 0.478. The Kier molecular flexibility index (Phi) is 4.49. The van der Waals surface area contributed by atoms with Crippen LogP contribution in [0.3, 0.4) is 0 Å². The van der Waals surface area contributed by atoms with Crippen LogP contribution in [0.1, 0.15) is 30.1 Å². The number of likely N-dealkylation sites (tertiary alicyclic amines) is 1. The van der Waals surface area contributed by atoms with Crippen LogP contribution in [0.25, 0.3) is 0 Å². The second kappa shape index (κ2) is 7.07. The Morgan fingerprint density at radius 1 is 1.03 bits per heavy atom. The summed E-state index contributed by atoms with van der Waals surface area (Å²) in [6, 6.07) is 6.42. The van der Waals surface area contributed by atoms with Crippen molar-refractivity contribution in [2.75, 3.05) is 18.5 Å². The van der Waals surface area contributed by atoms with Crippen molar-refractivity contribution in [2.24, 2.45) is 35.5 Å². The van der Waals surface area contributed by atoms with Gasteiger partial charge in [-0.15, -0.1) is 0 Å². The van der Waals surface area contributed by atoms with Gasteiger partial charge in [0.2, 0.25) is 17.7 Å². The third-order valence-corrected chi connectivity index (χ3v) is 7.00. The summed E-state index contributed by atoms with van der Waals surface area (Å²) < 4.78 is 4.93. The molecule has 0 spiro atoms. The SMILES string of the molecule is CCOC(=O)c1ccc(NC(=O)CCN2C(=O)[C@H]3[C@@H]4C=C[C@@H]([C@H]5C[C@H]45)[C@@H]3C2=O)cc1. The highest BCUT2D eigenvalue weighted by Crippen LogP contribution is 2.65. The van der Waals surface area contributed by atoms with Gasteiger partial charge in [-0.3, -0.25) is 19.3 Å². The van der Waals surface area contributed by atoms with Gasteiger partial charge in [-0.2, -0.15) is 0 Å². The molecule has 3 amide bonds. The molecule has 0 radical (unpaired) electrons. The van der Waals surface area contributed by atoms with E-state index in [2.05, 4.69) is 17.5 Å². The van der Waals surface area contributed by atoms with Gasteiger partial charge in [-0.1, -0.05) is 12.2 Å². The summed E-state index contributed by atoms with van der Waals surface area (Å²) in [6.07, 6.45) is 5.46. The lowest BCUT2D eigenvalue weighted by Gasteiger charge is -2.37. The van der Waals surface area contributed by atoms with Crippen LogP contribution < -0.4 is 5.32 Å². The first-order chi connectivity index (χ1) is 14.5. The number of rotatable bonds is 6. The number of hydrogen-bond acceptors (Lipinski definition) is 5. The molecule has 7 heteroatoms. The van der Waals surface area contributed by atoms with Crippen LogP contribution in [0.5, 0.6) is 0 Å². The average Bonchev–Trinajstić information content (AvgIpc) is 3.52. The Morgan fingerprint density at radius 2 is 1.63 bits per heavy atom. The molecule has 30 heavy (non-hydrogen) atoms. The lowest BCUT2D eigenvalue weighted by Crippen LogP contribution is -2.40. The maximum Gasteiger partial charge on any atom is 0.338 e. The third-order valence-electron chi connectivity index (χ3n) is 7.00. The van der Waals surface area contributed by atoms with E-state index in [0.29, 0.717) is 29.7 Å². The van der Waals surface area contributed by atoms with E-state index in [0.717, 1.165) is 6.42 Å². The first-order valence-corrected chi connectivity index (χ1v) is 10.6. The molecule has 1 heterocycles. The van der Waals surface area contributed by atoms with Gasteiger partial charge in [0.05, 0.1) is 24.0 Å². The molecule has 1 aliphatic heterocycles. The van der Waals surface area contributed by atoms with Crippen molar-refractivity contribution in [3.05, 3.63) is 42.0 Å². The molecule has 156 valence electrons. The molecule has 7 nitrogen and oxygen atoms in total. The van der Waals surface area contributed by atoms with Crippen molar-refractivity contribution in [3.8, 4) is 0 Å². The average molecular weight is 408 g/mol. The van der Waals surface area contributed by atoms with Crippen molar-refractivity contribution < 1.29 is 23.9 Å². The summed E-state index contributed by atoms with van der Waals surface area (Å²) in [5.74, 6) is 0.156. The molecular weight excluding hydrogens is 384 g/mol. The standard InChI is InChI=1S/C23H24N2O5/c1-2-30-23(29)12-3-5-13(6-4-12)24-18(26)9-10-25-21(27)19-14-7-8-15(17-11-16(14)17)20(19)22(25)28/h3-8,14-17,19-20H,2,9-11H2,1H3,(H,24,26)/t14-,15+,16-,17-,19+,20+/m1/s1. The Hall–Kier alpha value is -2.96. The number of carbonyl (C=O) groups excluding carboxylic acids is 4. The molecule has 6 rings (SSSR count). The number of anilines is 1. The highest BCUT2D eigenvalue weighted by molar-refractivity contribution is 6.06. The van der Waals surface area contributed by atoms with Crippen LogP contribution in [0.2, 0.25) is 0 Å². The Labute approximate surface area is 174 Å². The summed E-state index contributed by atoms with van der Waals surface area (Å²) in [7, 11) is 0. The molecule has 0 unspecified atom stereocenters. The fourth-order valence-corrected chi connectivity index (χ4v) is 5.58. The smallest absolute Gasteiger partial charge is 0.338 e. The molecule has 0 aromatic heterocycles. The normalized spacial score (nSPS) is 32.6. The van der Waals surface area contributed by atoms with Crippen LogP contribution in [-0.4, -0.2) is 41.7 Å². The van der Waals surface area contributed by atoms with E-state index in [1.165, 1.54) is 4.90 Å². The zero-order valence-electron chi connectivity index (χ0n) is 16.7. The van der Waals surface area contributed by atoms with Gasteiger partial charge in [0.1, 0.15) is 0 Å². The number of ether oxygens (including phenoxy) is 1. The molecule has 5 aliphatic rings. The number of nitrogens with zero attached hydrogens (tertiary/aromatic N) is 1. The highest BCUT2D eigenvalue weighted by Gasteiger charge is 2.66. The number of nitrogens with one attached hydrogen (secondary N) is 1. The van der Waals surface area contributed by atoms with Gasteiger partial charge in [0.25, 0.3) is 0 Å². The van der Waals surface area contributed by atoms with E-state index in [1.54, 1.807) is 31.2 Å².